The van der Waals surface area contributed by atoms with Crippen molar-refractivity contribution >= 4 is 27.5 Å². The van der Waals surface area contributed by atoms with E-state index in [0.717, 1.165) is 11.3 Å². The number of nitrogens with one attached hydrogen (secondary N) is 1. The van der Waals surface area contributed by atoms with Crippen LogP contribution in [0.5, 0.6) is 5.75 Å². The molecule has 0 saturated heterocycles. The number of aliphatic hydroxyl groups is 1. The summed E-state index contributed by atoms with van der Waals surface area (Å²) in [5.41, 5.74) is 0.295. The zero-order valence-electron chi connectivity index (χ0n) is 18.8. The van der Waals surface area contributed by atoms with Crippen LogP contribution in [-0.4, -0.2) is 57.8 Å². The standard InChI is InChI=1S/C23H29N3O5S/c1-5-30-23(29)20-15(4)19-21(28)24-18(25-22(19)32-20)12-26(14(2)3)11-16(27)13-31-17-9-7-6-8-10-17/h6-10,14,16,27H,5,11-13H2,1-4H3,(H,24,25,28). The topological polar surface area (TPSA) is 105 Å². The van der Waals surface area contributed by atoms with E-state index >= 15 is 0 Å². The second-order valence-electron chi connectivity index (χ2n) is 7.77. The molecule has 0 aliphatic heterocycles. The molecule has 1 atom stereocenters. The first kappa shape index (κ1) is 23.9. The molecule has 2 aromatic heterocycles. The summed E-state index contributed by atoms with van der Waals surface area (Å²) >= 11 is 1.16. The summed E-state index contributed by atoms with van der Waals surface area (Å²) in [6, 6.07) is 9.43. The number of H-pyrrole nitrogens is 1. The lowest BCUT2D eigenvalue weighted by molar-refractivity contribution is 0.0529. The number of ether oxygens (including phenoxy) is 2. The van der Waals surface area contributed by atoms with Crippen LogP contribution in [0, 0.1) is 6.92 Å². The molecule has 32 heavy (non-hydrogen) atoms. The van der Waals surface area contributed by atoms with E-state index in [4.69, 9.17) is 9.47 Å². The molecule has 172 valence electrons. The van der Waals surface area contributed by atoms with Gasteiger partial charge in [0.15, 0.2) is 0 Å². The molecule has 1 aromatic carbocycles. The van der Waals surface area contributed by atoms with Crippen molar-refractivity contribution < 1.29 is 19.4 Å². The first-order valence-electron chi connectivity index (χ1n) is 10.6. The molecule has 8 nitrogen and oxygen atoms in total. The summed E-state index contributed by atoms with van der Waals surface area (Å²) in [5.74, 6) is 0.730. The second kappa shape index (κ2) is 10.7. The number of para-hydroxylation sites is 1. The molecule has 0 saturated carbocycles. The smallest absolute Gasteiger partial charge is 0.348 e. The Kier molecular flexibility index (Phi) is 8.00. The van der Waals surface area contributed by atoms with Gasteiger partial charge < -0.3 is 19.6 Å². The molecule has 0 aliphatic carbocycles. The average molecular weight is 460 g/mol. The van der Waals surface area contributed by atoms with Gasteiger partial charge in [-0.1, -0.05) is 18.2 Å². The summed E-state index contributed by atoms with van der Waals surface area (Å²) in [6.45, 7) is 8.60. The molecule has 2 N–H and O–H groups in total. The molecule has 0 bridgehead atoms. The molecule has 0 spiro atoms. The maximum absolute atomic E-state index is 12.7. The van der Waals surface area contributed by atoms with Crippen LogP contribution in [0.3, 0.4) is 0 Å². The highest BCUT2D eigenvalue weighted by atomic mass is 32.1. The zero-order chi connectivity index (χ0) is 23.3. The van der Waals surface area contributed by atoms with E-state index in [-0.39, 0.29) is 24.8 Å². The molecule has 1 unspecified atom stereocenters. The summed E-state index contributed by atoms with van der Waals surface area (Å²) in [4.78, 5) is 35.2. The van der Waals surface area contributed by atoms with Crippen LogP contribution >= 0.6 is 11.3 Å². The molecule has 0 radical (unpaired) electrons. The Morgan fingerprint density at radius 2 is 2.00 bits per heavy atom. The van der Waals surface area contributed by atoms with Gasteiger partial charge in [-0.25, -0.2) is 9.78 Å². The lowest BCUT2D eigenvalue weighted by atomic mass is 10.2. The third-order valence-corrected chi connectivity index (χ3v) is 6.19. The number of hydrogen-bond donors (Lipinski definition) is 2. The molecule has 0 aliphatic rings. The number of carbonyl (C=O) groups excluding carboxylic acids is 1. The summed E-state index contributed by atoms with van der Waals surface area (Å²) < 4.78 is 10.7. The minimum atomic E-state index is -0.715. The predicted octanol–water partition coefficient (Wildman–Crippen LogP) is 3.12. The van der Waals surface area contributed by atoms with Crippen LogP contribution in [0.2, 0.25) is 0 Å². The second-order valence-corrected chi connectivity index (χ2v) is 8.77. The number of benzene rings is 1. The maximum atomic E-state index is 12.7. The Morgan fingerprint density at radius 3 is 2.66 bits per heavy atom. The minimum absolute atomic E-state index is 0.0996. The van der Waals surface area contributed by atoms with Crippen molar-refractivity contribution in [3.05, 3.63) is 57.0 Å². The third-order valence-electron chi connectivity index (χ3n) is 5.02. The molecule has 2 heterocycles. The highest BCUT2D eigenvalue weighted by Gasteiger charge is 2.22. The molecule has 3 rings (SSSR count). The van der Waals surface area contributed by atoms with E-state index in [0.29, 0.717) is 45.3 Å². The first-order chi connectivity index (χ1) is 15.3. The number of carbonyl (C=O) groups is 1. The van der Waals surface area contributed by atoms with E-state index < -0.39 is 12.1 Å². The summed E-state index contributed by atoms with van der Waals surface area (Å²) in [7, 11) is 0. The average Bonchev–Trinajstić information content (AvgIpc) is 3.09. The summed E-state index contributed by atoms with van der Waals surface area (Å²) in [5, 5.41) is 10.9. The van der Waals surface area contributed by atoms with Crippen molar-refractivity contribution in [3.8, 4) is 5.75 Å². The predicted molar refractivity (Wildman–Crippen MR) is 124 cm³/mol. The monoisotopic (exact) mass is 459 g/mol. The lowest BCUT2D eigenvalue weighted by Crippen LogP contribution is -2.40. The minimum Gasteiger partial charge on any atom is -0.491 e. The number of aliphatic hydroxyl groups excluding tert-OH is 1. The number of rotatable bonds is 10. The van der Waals surface area contributed by atoms with Crippen molar-refractivity contribution in [2.24, 2.45) is 0 Å². The van der Waals surface area contributed by atoms with Crippen molar-refractivity contribution in [1.82, 2.24) is 14.9 Å². The van der Waals surface area contributed by atoms with Crippen molar-refractivity contribution in [2.45, 2.75) is 46.4 Å². The molecule has 0 amide bonds. The Morgan fingerprint density at radius 1 is 1.28 bits per heavy atom. The van der Waals surface area contributed by atoms with Crippen molar-refractivity contribution in [1.29, 1.82) is 0 Å². The number of aromatic amines is 1. The van der Waals surface area contributed by atoms with Gasteiger partial charge in [-0.05, 0) is 45.4 Å². The molecular weight excluding hydrogens is 430 g/mol. The van der Waals surface area contributed by atoms with Crippen molar-refractivity contribution in [3.63, 3.8) is 0 Å². The van der Waals surface area contributed by atoms with Gasteiger partial charge in [-0.15, -0.1) is 11.3 Å². The van der Waals surface area contributed by atoms with E-state index in [2.05, 4.69) is 9.97 Å². The van der Waals surface area contributed by atoms with Gasteiger partial charge in [-0.3, -0.25) is 9.69 Å². The third kappa shape index (κ3) is 5.73. The fourth-order valence-electron chi connectivity index (χ4n) is 3.34. The van der Waals surface area contributed by atoms with Crippen LogP contribution in [-0.2, 0) is 11.3 Å². The Hall–Kier alpha value is -2.75. The van der Waals surface area contributed by atoms with Gasteiger partial charge in [-0.2, -0.15) is 0 Å². The fraction of sp³-hybridized carbons (Fsp3) is 0.435. The molecule has 9 heteroatoms. The van der Waals surface area contributed by atoms with Crippen LogP contribution in [0.15, 0.2) is 35.1 Å². The quantitative estimate of drug-likeness (QED) is 0.449. The van der Waals surface area contributed by atoms with Gasteiger partial charge in [0.25, 0.3) is 5.56 Å². The molecule has 3 aromatic rings. The Balaban J connectivity index is 1.74. The molecule has 0 fully saturated rings. The van der Waals surface area contributed by atoms with Crippen LogP contribution in [0.25, 0.3) is 10.2 Å². The number of thiophene rings is 1. The number of aryl methyl sites for hydroxylation is 1. The van der Waals surface area contributed by atoms with Gasteiger partial charge in [0.1, 0.15) is 34.0 Å². The highest BCUT2D eigenvalue weighted by Crippen LogP contribution is 2.27. The largest absolute Gasteiger partial charge is 0.491 e. The van der Waals surface area contributed by atoms with E-state index in [9.17, 15) is 14.7 Å². The van der Waals surface area contributed by atoms with E-state index in [1.165, 1.54) is 0 Å². The van der Waals surface area contributed by atoms with Crippen molar-refractivity contribution in [2.75, 3.05) is 19.8 Å². The number of esters is 1. The van der Waals surface area contributed by atoms with Crippen LogP contribution < -0.4 is 10.3 Å². The first-order valence-corrected chi connectivity index (χ1v) is 11.4. The van der Waals surface area contributed by atoms with Gasteiger partial charge in [0.2, 0.25) is 0 Å². The van der Waals surface area contributed by atoms with Crippen LogP contribution in [0.1, 0.15) is 41.8 Å². The van der Waals surface area contributed by atoms with E-state index in [1.54, 1.807) is 13.8 Å². The number of nitrogens with zero attached hydrogens (tertiary/aromatic N) is 2. The highest BCUT2D eigenvalue weighted by molar-refractivity contribution is 7.20. The van der Waals surface area contributed by atoms with Gasteiger partial charge in [0.05, 0.1) is 18.5 Å². The molecular formula is C23H29N3O5S. The number of fused-ring (bicyclic) bond motifs is 1. The SMILES string of the molecule is CCOC(=O)c1sc2nc(CN(CC(O)COc3ccccc3)C(C)C)[nH]c(=O)c2c1C. The Labute approximate surface area is 190 Å². The Bertz CT molecular complexity index is 1110. The lowest BCUT2D eigenvalue weighted by Gasteiger charge is -2.28. The summed E-state index contributed by atoms with van der Waals surface area (Å²) in [6.07, 6.45) is -0.715. The zero-order valence-corrected chi connectivity index (χ0v) is 19.6. The van der Waals surface area contributed by atoms with E-state index in [1.807, 2.05) is 49.1 Å². The number of aromatic nitrogens is 2. The fourth-order valence-corrected chi connectivity index (χ4v) is 4.43. The maximum Gasteiger partial charge on any atom is 0.348 e. The van der Waals surface area contributed by atoms with Gasteiger partial charge >= 0.3 is 5.97 Å². The van der Waals surface area contributed by atoms with Crippen LogP contribution in [0.4, 0.5) is 0 Å². The number of hydrogen-bond acceptors (Lipinski definition) is 8. The van der Waals surface area contributed by atoms with Gasteiger partial charge in [0, 0.05) is 12.6 Å². The normalized spacial score (nSPS) is 12.5.